The molecule has 2 atom stereocenters. The SMILES string of the molecule is CCN(C[C@@H](COC(=O)CC1CCNCC1)O[C@@H](C)C(C)(C)C)S(C)(=O)=O. The molecular weight excluding hydrogens is 368 g/mol. The molecule has 1 rings (SSSR count). The van der Waals surface area contributed by atoms with Crippen LogP contribution in [0, 0.1) is 11.3 Å². The minimum absolute atomic E-state index is 0.0657. The molecule has 7 nitrogen and oxygen atoms in total. The van der Waals surface area contributed by atoms with Crippen molar-refractivity contribution in [3.05, 3.63) is 0 Å². The Kier molecular flexibility index (Phi) is 9.68. The number of hydrogen-bond donors (Lipinski definition) is 1. The van der Waals surface area contributed by atoms with Crippen molar-refractivity contribution in [2.45, 2.75) is 66.1 Å². The van der Waals surface area contributed by atoms with Crippen molar-refractivity contribution in [2.24, 2.45) is 11.3 Å². The average Bonchev–Trinajstić information content (AvgIpc) is 2.56. The van der Waals surface area contributed by atoms with E-state index in [0.29, 0.717) is 18.9 Å². The van der Waals surface area contributed by atoms with Crippen molar-refractivity contribution in [3.8, 4) is 0 Å². The number of rotatable bonds is 10. The molecule has 160 valence electrons. The molecule has 27 heavy (non-hydrogen) atoms. The summed E-state index contributed by atoms with van der Waals surface area (Å²) >= 11 is 0. The summed E-state index contributed by atoms with van der Waals surface area (Å²) in [5, 5.41) is 3.28. The zero-order valence-electron chi connectivity index (χ0n) is 17.8. The highest BCUT2D eigenvalue weighted by Crippen LogP contribution is 2.23. The quantitative estimate of drug-likeness (QED) is 0.559. The average molecular weight is 407 g/mol. The summed E-state index contributed by atoms with van der Waals surface area (Å²) in [6.07, 6.45) is 2.95. The molecule has 1 saturated heterocycles. The second-order valence-corrected chi connectivity index (χ2v) is 10.5. The molecule has 1 heterocycles. The number of likely N-dealkylation sites (N-methyl/N-ethyl adjacent to an activating group) is 1. The second kappa shape index (κ2) is 10.7. The standard InChI is InChI=1S/C19H38N2O5S/c1-7-21(27(6,23)24)13-17(26-15(2)19(3,4)5)14-25-18(22)12-16-8-10-20-11-9-16/h15-17,20H,7-14H2,1-6H3/t15-,17-/m0/s1. The minimum Gasteiger partial charge on any atom is -0.463 e. The first-order valence-corrected chi connectivity index (χ1v) is 11.7. The minimum atomic E-state index is -3.34. The van der Waals surface area contributed by atoms with Gasteiger partial charge in [0, 0.05) is 19.5 Å². The Bertz CT molecular complexity index is 553. The van der Waals surface area contributed by atoms with Gasteiger partial charge in [0.15, 0.2) is 0 Å². The fourth-order valence-electron chi connectivity index (χ4n) is 2.92. The monoisotopic (exact) mass is 406 g/mol. The summed E-state index contributed by atoms with van der Waals surface area (Å²) in [6, 6.07) is 0. The summed E-state index contributed by atoms with van der Waals surface area (Å²) in [5.74, 6) is 0.121. The summed E-state index contributed by atoms with van der Waals surface area (Å²) < 4.78 is 36.8. The Morgan fingerprint density at radius 2 is 1.85 bits per heavy atom. The van der Waals surface area contributed by atoms with E-state index in [-0.39, 0.29) is 30.6 Å². The van der Waals surface area contributed by atoms with Crippen LogP contribution >= 0.6 is 0 Å². The van der Waals surface area contributed by atoms with Crippen molar-refractivity contribution in [2.75, 3.05) is 39.0 Å². The van der Waals surface area contributed by atoms with Crippen molar-refractivity contribution in [1.82, 2.24) is 9.62 Å². The maximum Gasteiger partial charge on any atom is 0.306 e. The number of carbonyl (C=O) groups is 1. The molecular formula is C19H38N2O5S. The first kappa shape index (κ1) is 24.3. The molecule has 0 bridgehead atoms. The van der Waals surface area contributed by atoms with Gasteiger partial charge in [-0.05, 0) is 44.2 Å². The van der Waals surface area contributed by atoms with Gasteiger partial charge in [0.25, 0.3) is 0 Å². The van der Waals surface area contributed by atoms with Crippen LogP contribution in [-0.4, -0.2) is 69.9 Å². The number of esters is 1. The lowest BCUT2D eigenvalue weighted by Gasteiger charge is -2.33. The van der Waals surface area contributed by atoms with Crippen LogP contribution in [-0.2, 0) is 24.3 Å². The van der Waals surface area contributed by atoms with Gasteiger partial charge < -0.3 is 14.8 Å². The number of sulfonamides is 1. The van der Waals surface area contributed by atoms with E-state index in [9.17, 15) is 13.2 Å². The number of nitrogens with zero attached hydrogens (tertiary/aromatic N) is 1. The van der Waals surface area contributed by atoms with Crippen LogP contribution in [0.4, 0.5) is 0 Å². The lowest BCUT2D eigenvalue weighted by atomic mass is 9.90. The van der Waals surface area contributed by atoms with E-state index in [0.717, 1.165) is 25.9 Å². The fraction of sp³-hybridized carbons (Fsp3) is 0.947. The third-order valence-electron chi connectivity index (χ3n) is 5.19. The van der Waals surface area contributed by atoms with Gasteiger partial charge in [-0.1, -0.05) is 27.7 Å². The zero-order chi connectivity index (χ0) is 20.7. The predicted molar refractivity (Wildman–Crippen MR) is 107 cm³/mol. The van der Waals surface area contributed by atoms with Gasteiger partial charge >= 0.3 is 5.97 Å². The summed E-state index contributed by atoms with van der Waals surface area (Å²) in [4.78, 5) is 12.2. The molecule has 0 saturated carbocycles. The van der Waals surface area contributed by atoms with Crippen LogP contribution < -0.4 is 5.32 Å². The predicted octanol–water partition coefficient (Wildman–Crippen LogP) is 2.02. The van der Waals surface area contributed by atoms with Crippen LogP contribution in [0.15, 0.2) is 0 Å². The normalized spacial score (nSPS) is 19.1. The Morgan fingerprint density at radius 1 is 1.26 bits per heavy atom. The van der Waals surface area contributed by atoms with E-state index in [1.54, 1.807) is 6.92 Å². The zero-order valence-corrected chi connectivity index (χ0v) is 18.6. The van der Waals surface area contributed by atoms with Crippen molar-refractivity contribution in [3.63, 3.8) is 0 Å². The Balaban J connectivity index is 2.67. The van der Waals surface area contributed by atoms with Crippen LogP contribution in [0.25, 0.3) is 0 Å². The Labute approximate surface area is 165 Å². The van der Waals surface area contributed by atoms with E-state index in [2.05, 4.69) is 26.1 Å². The molecule has 1 aliphatic heterocycles. The molecule has 0 radical (unpaired) electrons. The van der Waals surface area contributed by atoms with Gasteiger partial charge in [-0.3, -0.25) is 4.79 Å². The van der Waals surface area contributed by atoms with Crippen LogP contribution in [0.5, 0.6) is 0 Å². The number of nitrogens with one attached hydrogen (secondary N) is 1. The fourth-order valence-corrected chi connectivity index (χ4v) is 3.83. The van der Waals surface area contributed by atoms with Gasteiger partial charge in [-0.15, -0.1) is 0 Å². The molecule has 0 aromatic carbocycles. The largest absolute Gasteiger partial charge is 0.463 e. The van der Waals surface area contributed by atoms with Crippen molar-refractivity contribution >= 4 is 16.0 Å². The van der Waals surface area contributed by atoms with Gasteiger partial charge in [-0.2, -0.15) is 4.31 Å². The van der Waals surface area contributed by atoms with Gasteiger partial charge in [-0.25, -0.2) is 8.42 Å². The van der Waals surface area contributed by atoms with Gasteiger partial charge in [0.1, 0.15) is 12.7 Å². The molecule has 1 aliphatic rings. The number of piperidine rings is 1. The summed E-state index contributed by atoms with van der Waals surface area (Å²) in [7, 11) is -3.34. The molecule has 1 fully saturated rings. The molecule has 0 aromatic rings. The number of hydrogen-bond acceptors (Lipinski definition) is 6. The van der Waals surface area contributed by atoms with E-state index >= 15 is 0 Å². The first-order valence-electron chi connectivity index (χ1n) is 9.90. The summed E-state index contributed by atoms with van der Waals surface area (Å²) in [5.41, 5.74) is -0.0977. The number of carbonyl (C=O) groups excluding carboxylic acids is 1. The highest BCUT2D eigenvalue weighted by Gasteiger charge is 2.28. The maximum atomic E-state index is 12.2. The third-order valence-corrected chi connectivity index (χ3v) is 6.53. The molecule has 0 unspecified atom stereocenters. The van der Waals surface area contributed by atoms with E-state index < -0.39 is 16.1 Å². The van der Waals surface area contributed by atoms with Crippen molar-refractivity contribution in [1.29, 1.82) is 0 Å². The lowest BCUT2D eigenvalue weighted by molar-refractivity contribution is -0.153. The highest BCUT2D eigenvalue weighted by molar-refractivity contribution is 7.88. The maximum absolute atomic E-state index is 12.2. The third kappa shape index (κ3) is 9.36. The van der Waals surface area contributed by atoms with Gasteiger partial charge in [0.05, 0.1) is 12.4 Å². The number of ether oxygens (including phenoxy) is 2. The Hall–Kier alpha value is -0.700. The highest BCUT2D eigenvalue weighted by atomic mass is 32.2. The topological polar surface area (TPSA) is 84.9 Å². The molecule has 1 N–H and O–H groups in total. The smallest absolute Gasteiger partial charge is 0.306 e. The summed E-state index contributed by atoms with van der Waals surface area (Å²) in [6.45, 7) is 12.4. The lowest BCUT2D eigenvalue weighted by Crippen LogP contribution is -2.43. The second-order valence-electron chi connectivity index (χ2n) is 8.56. The first-order chi connectivity index (χ1) is 12.4. The van der Waals surface area contributed by atoms with Crippen LogP contribution in [0.2, 0.25) is 0 Å². The van der Waals surface area contributed by atoms with Crippen LogP contribution in [0.3, 0.4) is 0 Å². The molecule has 8 heteroatoms. The van der Waals surface area contributed by atoms with E-state index in [4.69, 9.17) is 9.47 Å². The van der Waals surface area contributed by atoms with E-state index in [1.807, 2.05) is 6.92 Å². The molecule has 0 amide bonds. The van der Waals surface area contributed by atoms with E-state index in [1.165, 1.54) is 10.6 Å². The molecule has 0 spiro atoms. The van der Waals surface area contributed by atoms with Crippen LogP contribution in [0.1, 0.15) is 53.9 Å². The van der Waals surface area contributed by atoms with Gasteiger partial charge in [0.2, 0.25) is 10.0 Å². The molecule has 0 aliphatic carbocycles. The molecule has 0 aromatic heterocycles. The van der Waals surface area contributed by atoms with Crippen molar-refractivity contribution < 1.29 is 22.7 Å². The Morgan fingerprint density at radius 3 is 2.33 bits per heavy atom.